The van der Waals surface area contributed by atoms with Gasteiger partial charge in [-0.25, -0.2) is 0 Å². The van der Waals surface area contributed by atoms with Gasteiger partial charge in [-0.3, -0.25) is 14.4 Å². The van der Waals surface area contributed by atoms with Gasteiger partial charge in [0.25, 0.3) is 0 Å². The van der Waals surface area contributed by atoms with E-state index in [1.807, 2.05) is 39.0 Å². The summed E-state index contributed by atoms with van der Waals surface area (Å²) in [5.41, 5.74) is -0.111. The number of rotatable bonds is 9. The van der Waals surface area contributed by atoms with Gasteiger partial charge >= 0.3 is 11.9 Å². The predicted octanol–water partition coefficient (Wildman–Crippen LogP) is 4.13. The van der Waals surface area contributed by atoms with Crippen LogP contribution in [0.3, 0.4) is 0 Å². The molecule has 3 N–H and O–H groups in total. The summed E-state index contributed by atoms with van der Waals surface area (Å²) in [7, 11) is 0. The summed E-state index contributed by atoms with van der Waals surface area (Å²) < 4.78 is 11.1. The average molecular weight is 535 g/mol. The van der Waals surface area contributed by atoms with Crippen LogP contribution in [-0.4, -0.2) is 63.1 Å². The molecule has 1 heterocycles. The topological polar surface area (TPSA) is 130 Å². The quantitative estimate of drug-likeness (QED) is 0.174. The molecule has 0 aromatic rings. The second-order valence-corrected chi connectivity index (χ2v) is 10.6. The lowest BCUT2D eigenvalue weighted by Crippen LogP contribution is -2.42. The highest BCUT2D eigenvalue weighted by atomic mass is 16.6. The maximum absolute atomic E-state index is 12.6. The maximum Gasteiger partial charge on any atom is 0.309 e. The summed E-state index contributed by atoms with van der Waals surface area (Å²) in [4.78, 5) is 35.9. The van der Waals surface area contributed by atoms with E-state index in [0.29, 0.717) is 18.4 Å². The van der Waals surface area contributed by atoms with Gasteiger partial charge in [0.2, 0.25) is 0 Å². The molecule has 0 bridgehead atoms. The van der Waals surface area contributed by atoms with Gasteiger partial charge in [0.05, 0.1) is 18.6 Å². The summed E-state index contributed by atoms with van der Waals surface area (Å²) in [5, 5.41) is 31.5. The first-order chi connectivity index (χ1) is 17.7. The minimum atomic E-state index is -1.42. The minimum absolute atomic E-state index is 0.0101. The molecule has 0 amide bonds. The number of carbonyl (C=O) groups excluding carboxylic acids is 3. The molecular formula is C30H46O8. The smallest absolute Gasteiger partial charge is 0.309 e. The van der Waals surface area contributed by atoms with E-state index in [1.54, 1.807) is 32.1 Å². The van der Waals surface area contributed by atoms with E-state index in [9.17, 15) is 29.7 Å². The molecule has 0 spiro atoms. The third-order valence-corrected chi connectivity index (χ3v) is 6.68. The molecule has 0 aromatic heterocycles. The van der Waals surface area contributed by atoms with Crippen LogP contribution in [-0.2, 0) is 23.9 Å². The van der Waals surface area contributed by atoms with Gasteiger partial charge in [-0.05, 0) is 69.2 Å². The zero-order valence-electron chi connectivity index (χ0n) is 23.8. The number of ether oxygens (including phenoxy) is 2. The molecule has 7 atom stereocenters. The van der Waals surface area contributed by atoms with Crippen LogP contribution >= 0.6 is 0 Å². The molecule has 38 heavy (non-hydrogen) atoms. The molecule has 0 saturated heterocycles. The summed E-state index contributed by atoms with van der Waals surface area (Å²) in [6.45, 7) is 11.9. The molecule has 0 aromatic carbocycles. The number of cyclic esters (lactones) is 1. The lowest BCUT2D eigenvalue weighted by atomic mass is 9.88. The molecule has 0 radical (unpaired) electrons. The first-order valence-electron chi connectivity index (χ1n) is 13.4. The highest BCUT2D eigenvalue weighted by molar-refractivity contribution is 5.94. The van der Waals surface area contributed by atoms with E-state index < -0.39 is 42.0 Å². The SMILES string of the molecule is CCC(=O)/C(C)=C/C(O)CC(C)/C=C/C=C(\C)C1OC(=O)CC(O)CCC(C)(O)C(OC(C)=O)/C=C/C1C. The second-order valence-electron chi connectivity index (χ2n) is 10.6. The first kappa shape index (κ1) is 33.5. The number of aliphatic hydroxyl groups excluding tert-OH is 2. The number of aliphatic hydroxyl groups is 3. The maximum atomic E-state index is 12.6. The van der Waals surface area contributed by atoms with Crippen molar-refractivity contribution in [1.82, 2.24) is 0 Å². The molecule has 8 heteroatoms. The predicted molar refractivity (Wildman–Crippen MR) is 146 cm³/mol. The Morgan fingerprint density at radius 2 is 1.92 bits per heavy atom. The fourth-order valence-electron chi connectivity index (χ4n) is 4.31. The Hall–Kier alpha value is -2.55. The van der Waals surface area contributed by atoms with Crippen LogP contribution in [0.5, 0.6) is 0 Å². The number of hydrogen-bond acceptors (Lipinski definition) is 8. The van der Waals surface area contributed by atoms with Crippen LogP contribution in [0.2, 0.25) is 0 Å². The largest absolute Gasteiger partial charge is 0.457 e. The van der Waals surface area contributed by atoms with E-state index in [4.69, 9.17) is 9.47 Å². The average Bonchev–Trinajstić information content (AvgIpc) is 2.81. The van der Waals surface area contributed by atoms with Gasteiger partial charge in [-0.2, -0.15) is 0 Å². The Balaban J connectivity index is 3.09. The number of allylic oxidation sites excluding steroid dienone is 4. The highest BCUT2D eigenvalue weighted by Gasteiger charge is 2.35. The zero-order valence-corrected chi connectivity index (χ0v) is 23.8. The Labute approximate surface area is 227 Å². The molecule has 7 unspecified atom stereocenters. The molecule has 0 fully saturated rings. The van der Waals surface area contributed by atoms with Crippen LogP contribution in [0.4, 0.5) is 0 Å². The Morgan fingerprint density at radius 1 is 1.26 bits per heavy atom. The number of esters is 2. The van der Waals surface area contributed by atoms with E-state index in [0.717, 1.165) is 5.57 Å². The van der Waals surface area contributed by atoms with Gasteiger partial charge in [0, 0.05) is 19.3 Å². The minimum Gasteiger partial charge on any atom is -0.457 e. The van der Waals surface area contributed by atoms with E-state index in [-0.39, 0.29) is 36.9 Å². The Kier molecular flexibility index (Phi) is 13.9. The summed E-state index contributed by atoms with van der Waals surface area (Å²) in [6.07, 6.45) is 8.11. The Morgan fingerprint density at radius 3 is 2.53 bits per heavy atom. The number of ketones is 1. The van der Waals surface area contributed by atoms with Crippen molar-refractivity contribution in [3.63, 3.8) is 0 Å². The van der Waals surface area contributed by atoms with Crippen molar-refractivity contribution >= 4 is 17.7 Å². The molecular weight excluding hydrogens is 488 g/mol. The number of hydrogen-bond donors (Lipinski definition) is 3. The van der Waals surface area contributed by atoms with Crippen molar-refractivity contribution in [2.24, 2.45) is 11.8 Å². The van der Waals surface area contributed by atoms with Gasteiger partial charge in [-0.1, -0.05) is 45.1 Å². The van der Waals surface area contributed by atoms with Crippen molar-refractivity contribution < 1.29 is 39.2 Å². The van der Waals surface area contributed by atoms with E-state index in [2.05, 4.69) is 0 Å². The number of carbonyl (C=O) groups is 3. The van der Waals surface area contributed by atoms with Gasteiger partial charge < -0.3 is 24.8 Å². The van der Waals surface area contributed by atoms with Gasteiger partial charge in [0.15, 0.2) is 5.78 Å². The monoisotopic (exact) mass is 534 g/mol. The number of Topliss-reactive ketones (excluding diaryl/α,β-unsaturated/α-hetero) is 1. The third kappa shape index (κ3) is 11.9. The van der Waals surface area contributed by atoms with Gasteiger partial charge in [-0.15, -0.1) is 0 Å². The fourth-order valence-corrected chi connectivity index (χ4v) is 4.31. The van der Waals surface area contributed by atoms with Gasteiger partial charge in [0.1, 0.15) is 17.8 Å². The molecule has 1 aliphatic heterocycles. The standard InChI is InChI=1S/C30H46O8/c1-8-26(34)22(5)17-25(33)16-19(2)10-9-11-20(3)29-21(4)12-13-27(37-23(6)31)30(7,36)15-14-24(32)18-28(35)38-29/h9-13,17,19,21,24-25,27,29,32-33,36H,8,14-16,18H2,1-7H3/b10-9+,13-12+,20-11+,22-17+. The van der Waals surface area contributed by atoms with Crippen molar-refractivity contribution in [3.8, 4) is 0 Å². The van der Waals surface area contributed by atoms with Crippen LogP contribution in [0.25, 0.3) is 0 Å². The fraction of sp³-hybridized carbons (Fsp3) is 0.633. The van der Waals surface area contributed by atoms with Crippen LogP contribution in [0.1, 0.15) is 80.6 Å². The first-order valence-corrected chi connectivity index (χ1v) is 13.4. The van der Waals surface area contributed by atoms with Crippen LogP contribution < -0.4 is 0 Å². The van der Waals surface area contributed by atoms with E-state index in [1.165, 1.54) is 13.8 Å². The molecule has 0 aliphatic carbocycles. The lowest BCUT2D eigenvalue weighted by Gasteiger charge is -2.32. The van der Waals surface area contributed by atoms with Crippen molar-refractivity contribution in [2.75, 3.05) is 0 Å². The lowest BCUT2D eigenvalue weighted by molar-refractivity contribution is -0.157. The van der Waals surface area contributed by atoms with Crippen LogP contribution in [0, 0.1) is 11.8 Å². The molecule has 1 aliphatic rings. The van der Waals surface area contributed by atoms with Crippen molar-refractivity contribution in [1.29, 1.82) is 0 Å². The van der Waals surface area contributed by atoms with E-state index >= 15 is 0 Å². The summed E-state index contributed by atoms with van der Waals surface area (Å²) in [6, 6.07) is 0. The highest BCUT2D eigenvalue weighted by Crippen LogP contribution is 2.27. The van der Waals surface area contributed by atoms with Crippen LogP contribution in [0.15, 0.2) is 47.6 Å². The summed E-state index contributed by atoms with van der Waals surface area (Å²) >= 11 is 0. The summed E-state index contributed by atoms with van der Waals surface area (Å²) in [5.74, 6) is -1.37. The Bertz CT molecular complexity index is 927. The molecule has 214 valence electrons. The van der Waals surface area contributed by atoms with Crippen molar-refractivity contribution in [3.05, 3.63) is 47.6 Å². The molecule has 1 rings (SSSR count). The normalized spacial score (nSPS) is 30.5. The zero-order chi connectivity index (χ0) is 29.0. The third-order valence-electron chi connectivity index (χ3n) is 6.68. The van der Waals surface area contributed by atoms with Crippen molar-refractivity contribution in [2.45, 2.75) is 111 Å². The second kappa shape index (κ2) is 15.8. The molecule has 8 nitrogen and oxygen atoms in total. The molecule has 0 saturated carbocycles.